The topological polar surface area (TPSA) is 69.8 Å². The summed E-state index contributed by atoms with van der Waals surface area (Å²) >= 11 is 0. The van der Waals surface area contributed by atoms with Gasteiger partial charge in [0, 0.05) is 37.6 Å². The molecule has 0 N–H and O–H groups in total. The SMILES string of the molecule is Cn1c(=O)c2c(-c3ccncc3)cc(-c3ccccc3)nc2n(C)c1=O. The molecule has 0 aliphatic carbocycles. The first-order valence-electron chi connectivity index (χ1n) is 8.14. The molecule has 0 spiro atoms. The summed E-state index contributed by atoms with van der Waals surface area (Å²) in [7, 11) is 3.10. The molecule has 1 aromatic carbocycles. The fraction of sp³-hybridized carbons (Fsp3) is 0.100. The second kappa shape index (κ2) is 6.07. The van der Waals surface area contributed by atoms with E-state index in [-0.39, 0.29) is 5.56 Å². The first-order valence-corrected chi connectivity index (χ1v) is 8.14. The van der Waals surface area contributed by atoms with E-state index in [1.54, 1.807) is 19.4 Å². The molecule has 0 saturated heterocycles. The molecule has 0 atom stereocenters. The Morgan fingerprint density at radius 3 is 2.23 bits per heavy atom. The zero-order chi connectivity index (χ0) is 18.3. The van der Waals surface area contributed by atoms with Crippen molar-refractivity contribution < 1.29 is 0 Å². The Hall–Kier alpha value is -3.54. The van der Waals surface area contributed by atoms with Crippen LogP contribution in [0.15, 0.2) is 70.5 Å². The first-order chi connectivity index (χ1) is 12.6. The number of hydrogen-bond acceptors (Lipinski definition) is 4. The van der Waals surface area contributed by atoms with Gasteiger partial charge >= 0.3 is 5.69 Å². The van der Waals surface area contributed by atoms with Crippen molar-refractivity contribution >= 4 is 11.0 Å². The lowest BCUT2D eigenvalue weighted by atomic mass is 10.0. The summed E-state index contributed by atoms with van der Waals surface area (Å²) in [5.74, 6) is 0. The van der Waals surface area contributed by atoms with E-state index < -0.39 is 5.69 Å². The van der Waals surface area contributed by atoms with E-state index in [2.05, 4.69) is 9.97 Å². The van der Waals surface area contributed by atoms with Gasteiger partial charge in [-0.3, -0.25) is 18.9 Å². The van der Waals surface area contributed by atoms with Crippen molar-refractivity contribution in [2.45, 2.75) is 0 Å². The molecule has 6 heteroatoms. The van der Waals surface area contributed by atoms with Gasteiger partial charge in [-0.2, -0.15) is 0 Å². The van der Waals surface area contributed by atoms with Crippen molar-refractivity contribution in [1.82, 2.24) is 19.1 Å². The zero-order valence-electron chi connectivity index (χ0n) is 14.4. The van der Waals surface area contributed by atoms with Gasteiger partial charge in [0.15, 0.2) is 5.65 Å². The van der Waals surface area contributed by atoms with Gasteiger partial charge in [0.25, 0.3) is 5.56 Å². The molecule has 0 amide bonds. The van der Waals surface area contributed by atoms with E-state index in [1.807, 2.05) is 48.5 Å². The third-order valence-electron chi connectivity index (χ3n) is 4.47. The number of pyridine rings is 2. The van der Waals surface area contributed by atoms with Gasteiger partial charge in [0.05, 0.1) is 11.1 Å². The first kappa shape index (κ1) is 16.0. The minimum atomic E-state index is -0.402. The Morgan fingerprint density at radius 2 is 1.54 bits per heavy atom. The third-order valence-corrected chi connectivity index (χ3v) is 4.47. The predicted molar refractivity (Wildman–Crippen MR) is 101 cm³/mol. The number of hydrogen-bond donors (Lipinski definition) is 0. The summed E-state index contributed by atoms with van der Waals surface area (Å²) < 4.78 is 2.52. The number of rotatable bonds is 2. The fourth-order valence-corrected chi connectivity index (χ4v) is 3.07. The zero-order valence-corrected chi connectivity index (χ0v) is 14.4. The van der Waals surface area contributed by atoms with Gasteiger partial charge in [-0.1, -0.05) is 30.3 Å². The molecule has 0 aliphatic rings. The van der Waals surface area contributed by atoms with Crippen molar-refractivity contribution in [2.75, 3.05) is 0 Å². The second-order valence-electron chi connectivity index (χ2n) is 6.06. The van der Waals surface area contributed by atoms with Crippen LogP contribution in [0.5, 0.6) is 0 Å². The lowest BCUT2D eigenvalue weighted by Gasteiger charge is -2.13. The van der Waals surface area contributed by atoms with Crippen molar-refractivity contribution in [3.63, 3.8) is 0 Å². The molecule has 0 fully saturated rings. The summed E-state index contributed by atoms with van der Waals surface area (Å²) in [4.78, 5) is 33.9. The summed E-state index contributed by atoms with van der Waals surface area (Å²) in [5, 5.41) is 0.417. The van der Waals surface area contributed by atoms with Crippen molar-refractivity contribution in [3.05, 3.63) is 81.8 Å². The molecule has 0 bridgehead atoms. The highest BCUT2D eigenvalue weighted by atomic mass is 16.2. The number of nitrogens with zero attached hydrogens (tertiary/aromatic N) is 4. The number of fused-ring (bicyclic) bond motifs is 1. The van der Waals surface area contributed by atoms with Crippen LogP contribution in [0.1, 0.15) is 0 Å². The van der Waals surface area contributed by atoms with Crippen LogP contribution >= 0.6 is 0 Å². The van der Waals surface area contributed by atoms with Gasteiger partial charge in [0.2, 0.25) is 0 Å². The Bertz CT molecular complexity index is 1230. The highest BCUT2D eigenvalue weighted by molar-refractivity contribution is 5.94. The maximum absolute atomic E-state index is 12.8. The van der Waals surface area contributed by atoms with Crippen molar-refractivity contribution in [2.24, 2.45) is 14.1 Å². The number of aryl methyl sites for hydroxylation is 1. The van der Waals surface area contributed by atoms with E-state index in [9.17, 15) is 9.59 Å². The highest BCUT2D eigenvalue weighted by Crippen LogP contribution is 2.29. The summed E-state index contributed by atoms with van der Waals surface area (Å²) in [6.07, 6.45) is 3.35. The lowest BCUT2D eigenvalue weighted by molar-refractivity contribution is 0.708. The maximum atomic E-state index is 12.8. The highest BCUT2D eigenvalue weighted by Gasteiger charge is 2.17. The van der Waals surface area contributed by atoms with Crippen LogP contribution in [0.4, 0.5) is 0 Å². The maximum Gasteiger partial charge on any atom is 0.332 e. The van der Waals surface area contributed by atoms with Crippen LogP contribution in [-0.2, 0) is 14.1 Å². The predicted octanol–water partition coefficient (Wildman–Crippen LogP) is 2.36. The molecular formula is C20H16N4O2. The van der Waals surface area contributed by atoms with Gasteiger partial charge < -0.3 is 0 Å². The van der Waals surface area contributed by atoms with Crippen LogP contribution in [0.2, 0.25) is 0 Å². The van der Waals surface area contributed by atoms with Crippen LogP contribution in [0.3, 0.4) is 0 Å². The molecule has 4 rings (SSSR count). The lowest BCUT2D eigenvalue weighted by Crippen LogP contribution is -2.37. The van der Waals surface area contributed by atoms with Crippen LogP contribution < -0.4 is 11.2 Å². The normalized spacial score (nSPS) is 11.0. The number of aromatic nitrogens is 4. The largest absolute Gasteiger partial charge is 0.332 e. The Balaban J connectivity index is 2.20. The van der Waals surface area contributed by atoms with E-state index >= 15 is 0 Å². The van der Waals surface area contributed by atoms with Gasteiger partial charge in [-0.15, -0.1) is 0 Å². The van der Waals surface area contributed by atoms with Crippen LogP contribution in [0.25, 0.3) is 33.4 Å². The van der Waals surface area contributed by atoms with Gasteiger partial charge in [-0.05, 0) is 23.8 Å². The molecule has 128 valence electrons. The smallest absolute Gasteiger partial charge is 0.280 e. The molecule has 0 radical (unpaired) electrons. The minimum absolute atomic E-state index is 0.359. The molecule has 4 aromatic rings. The average Bonchev–Trinajstić information content (AvgIpc) is 2.71. The second-order valence-corrected chi connectivity index (χ2v) is 6.06. The molecule has 6 nitrogen and oxygen atoms in total. The molecule has 26 heavy (non-hydrogen) atoms. The molecule has 3 aromatic heterocycles. The Labute approximate surface area is 149 Å². The third kappa shape index (κ3) is 2.43. The van der Waals surface area contributed by atoms with E-state index in [1.165, 1.54) is 11.6 Å². The molecule has 3 heterocycles. The van der Waals surface area contributed by atoms with Gasteiger partial charge in [-0.25, -0.2) is 9.78 Å². The van der Waals surface area contributed by atoms with E-state index in [4.69, 9.17) is 0 Å². The Morgan fingerprint density at radius 1 is 0.846 bits per heavy atom. The van der Waals surface area contributed by atoms with Crippen LogP contribution in [0, 0.1) is 0 Å². The monoisotopic (exact) mass is 344 g/mol. The molecule has 0 unspecified atom stereocenters. The van der Waals surface area contributed by atoms with E-state index in [0.29, 0.717) is 16.7 Å². The molecule has 0 saturated carbocycles. The quantitative estimate of drug-likeness (QED) is 0.560. The van der Waals surface area contributed by atoms with Crippen molar-refractivity contribution in [3.8, 4) is 22.4 Å². The van der Waals surface area contributed by atoms with Crippen LogP contribution in [-0.4, -0.2) is 19.1 Å². The summed E-state index contributed by atoms with van der Waals surface area (Å²) in [6, 6.07) is 15.3. The minimum Gasteiger partial charge on any atom is -0.280 e. The molecule has 0 aliphatic heterocycles. The molecular weight excluding hydrogens is 328 g/mol. The standard InChI is InChI=1S/C20H16N4O2/c1-23-18-17(19(25)24(2)20(23)26)15(13-8-10-21-11-9-13)12-16(22-18)14-6-4-3-5-7-14/h3-12H,1-2H3. The summed E-state index contributed by atoms with van der Waals surface area (Å²) in [5.41, 5.74) is 2.80. The average molecular weight is 344 g/mol. The van der Waals surface area contributed by atoms with Gasteiger partial charge in [0.1, 0.15) is 0 Å². The van der Waals surface area contributed by atoms with E-state index in [0.717, 1.165) is 21.3 Å². The summed E-state index contributed by atoms with van der Waals surface area (Å²) in [6.45, 7) is 0. The fourth-order valence-electron chi connectivity index (χ4n) is 3.07. The van der Waals surface area contributed by atoms with Crippen molar-refractivity contribution in [1.29, 1.82) is 0 Å². The Kier molecular flexibility index (Phi) is 3.73. The number of benzene rings is 1.